The van der Waals surface area contributed by atoms with Crippen LogP contribution in [0, 0.1) is 0 Å². The summed E-state index contributed by atoms with van der Waals surface area (Å²) < 4.78 is 0. The van der Waals surface area contributed by atoms with Gasteiger partial charge in [0.05, 0.1) is 0 Å². The maximum absolute atomic E-state index is 3.84. The zero-order valence-corrected chi connectivity index (χ0v) is 9.97. The van der Waals surface area contributed by atoms with Gasteiger partial charge in [0.25, 0.3) is 0 Å². The molecule has 0 aromatic heterocycles. The van der Waals surface area contributed by atoms with Gasteiger partial charge in [-0.2, -0.15) is 0 Å². The number of fused-ring (bicyclic) bond motifs is 1. The Morgan fingerprint density at radius 2 is 1.81 bits per heavy atom. The molecule has 1 saturated heterocycles. The van der Waals surface area contributed by atoms with Crippen LogP contribution in [-0.4, -0.2) is 12.1 Å². The fourth-order valence-electron chi connectivity index (χ4n) is 3.37. The van der Waals surface area contributed by atoms with E-state index in [1.165, 1.54) is 51.5 Å². The molecule has 1 heteroatoms. The van der Waals surface area contributed by atoms with Gasteiger partial charge in [0, 0.05) is 5.54 Å². The summed E-state index contributed by atoms with van der Waals surface area (Å²) in [5.41, 5.74) is 3.60. The molecule has 1 aliphatic heterocycles. The summed E-state index contributed by atoms with van der Waals surface area (Å²) in [5, 5.41) is 3.84. The Hall–Kier alpha value is -0.820. The molecule has 1 aliphatic carbocycles. The van der Waals surface area contributed by atoms with Crippen molar-refractivity contribution in [2.75, 3.05) is 6.54 Å². The van der Waals surface area contributed by atoms with Crippen LogP contribution >= 0.6 is 0 Å². The molecule has 0 bridgehead atoms. The third-order valence-corrected chi connectivity index (χ3v) is 4.35. The maximum Gasteiger partial charge on any atom is 0.0225 e. The van der Waals surface area contributed by atoms with Crippen LogP contribution in [-0.2, 0) is 12.8 Å². The Labute approximate surface area is 98.3 Å². The molecule has 0 saturated carbocycles. The van der Waals surface area contributed by atoms with E-state index in [1.807, 2.05) is 0 Å². The van der Waals surface area contributed by atoms with Crippen molar-refractivity contribution in [1.29, 1.82) is 0 Å². The van der Waals surface area contributed by atoms with Gasteiger partial charge in [0.15, 0.2) is 0 Å². The minimum Gasteiger partial charge on any atom is -0.311 e. The van der Waals surface area contributed by atoms with Crippen LogP contribution in [0.25, 0.3) is 0 Å². The smallest absolute Gasteiger partial charge is 0.0225 e. The number of hydrogen-bond donors (Lipinski definition) is 1. The fraction of sp³-hybridized carbons (Fsp3) is 0.600. The lowest BCUT2D eigenvalue weighted by molar-refractivity contribution is 0.278. The van der Waals surface area contributed by atoms with E-state index in [1.54, 1.807) is 11.1 Å². The predicted molar refractivity (Wildman–Crippen MR) is 67.7 cm³/mol. The summed E-state index contributed by atoms with van der Waals surface area (Å²) in [4.78, 5) is 0. The van der Waals surface area contributed by atoms with Crippen molar-refractivity contribution in [2.45, 2.75) is 50.5 Å². The van der Waals surface area contributed by atoms with Crippen LogP contribution in [0.3, 0.4) is 0 Å². The van der Waals surface area contributed by atoms with E-state index in [0.29, 0.717) is 5.54 Å². The van der Waals surface area contributed by atoms with Gasteiger partial charge >= 0.3 is 0 Å². The molecule has 86 valence electrons. The highest BCUT2D eigenvalue weighted by atomic mass is 15.0. The zero-order valence-electron chi connectivity index (χ0n) is 9.97. The molecule has 1 spiro atoms. The molecule has 1 fully saturated rings. The molecule has 1 unspecified atom stereocenters. The molecule has 0 radical (unpaired) electrons. The molecule has 16 heavy (non-hydrogen) atoms. The van der Waals surface area contributed by atoms with E-state index < -0.39 is 0 Å². The normalized spacial score (nSPS) is 29.8. The largest absolute Gasteiger partial charge is 0.311 e. The van der Waals surface area contributed by atoms with Crippen molar-refractivity contribution >= 4 is 0 Å². The minimum atomic E-state index is 0.435. The molecule has 1 heterocycles. The summed E-state index contributed by atoms with van der Waals surface area (Å²) in [7, 11) is 0. The van der Waals surface area contributed by atoms with Crippen molar-refractivity contribution in [1.82, 2.24) is 5.32 Å². The first-order valence-electron chi connectivity index (χ1n) is 6.70. The first-order chi connectivity index (χ1) is 7.88. The Morgan fingerprint density at radius 3 is 2.75 bits per heavy atom. The van der Waals surface area contributed by atoms with Crippen LogP contribution in [0.4, 0.5) is 0 Å². The lowest BCUT2D eigenvalue weighted by Gasteiger charge is -2.38. The molecule has 2 aliphatic rings. The molecule has 3 rings (SSSR count). The first-order valence-corrected chi connectivity index (χ1v) is 6.70. The number of rotatable bonds is 0. The molecule has 1 atom stereocenters. The van der Waals surface area contributed by atoms with Gasteiger partial charge in [-0.15, -0.1) is 0 Å². The van der Waals surface area contributed by atoms with Gasteiger partial charge in [0.1, 0.15) is 0 Å². The molecular formula is C15H21N. The highest BCUT2D eigenvalue weighted by molar-refractivity contribution is 5.32. The van der Waals surface area contributed by atoms with Gasteiger partial charge in [-0.1, -0.05) is 37.1 Å². The maximum atomic E-state index is 3.84. The molecule has 1 aromatic rings. The Bertz CT molecular complexity index is 361. The lowest BCUT2D eigenvalue weighted by Crippen LogP contribution is -2.48. The first kappa shape index (κ1) is 10.3. The summed E-state index contributed by atoms with van der Waals surface area (Å²) in [6, 6.07) is 8.99. The number of aryl methyl sites for hydroxylation is 1. The van der Waals surface area contributed by atoms with Crippen LogP contribution in [0.2, 0.25) is 0 Å². The Balaban J connectivity index is 1.85. The topological polar surface area (TPSA) is 12.0 Å². The molecule has 1 nitrogen and oxygen atoms in total. The third kappa shape index (κ3) is 1.89. The second kappa shape index (κ2) is 4.21. The van der Waals surface area contributed by atoms with Gasteiger partial charge in [-0.3, -0.25) is 0 Å². The monoisotopic (exact) mass is 215 g/mol. The molecule has 1 N–H and O–H groups in total. The van der Waals surface area contributed by atoms with Crippen molar-refractivity contribution in [2.24, 2.45) is 0 Å². The minimum absolute atomic E-state index is 0.435. The predicted octanol–water partition coefficient (Wildman–Crippen LogP) is 3.08. The standard InChI is InChI=1S/C15H21N/c1-4-9-15(16-11-5-1)10-8-13-6-2-3-7-14(13)12-15/h2-3,6-7,16H,1,4-5,8-12H2. The second-order valence-electron chi connectivity index (χ2n) is 5.46. The highest BCUT2D eigenvalue weighted by Gasteiger charge is 2.33. The summed E-state index contributed by atoms with van der Waals surface area (Å²) in [5.74, 6) is 0. The van der Waals surface area contributed by atoms with Gasteiger partial charge < -0.3 is 5.32 Å². The van der Waals surface area contributed by atoms with Crippen LogP contribution in [0.1, 0.15) is 43.2 Å². The molecule has 1 aromatic carbocycles. The van der Waals surface area contributed by atoms with E-state index >= 15 is 0 Å². The summed E-state index contributed by atoms with van der Waals surface area (Å²) in [6.07, 6.45) is 9.42. The van der Waals surface area contributed by atoms with Gasteiger partial charge in [-0.25, -0.2) is 0 Å². The number of hydrogen-bond acceptors (Lipinski definition) is 1. The summed E-state index contributed by atoms with van der Waals surface area (Å²) >= 11 is 0. The number of nitrogens with one attached hydrogen (secondary N) is 1. The number of benzene rings is 1. The molecule has 0 amide bonds. The van der Waals surface area contributed by atoms with E-state index in [2.05, 4.69) is 29.6 Å². The van der Waals surface area contributed by atoms with Gasteiger partial charge in [-0.05, 0) is 49.8 Å². The SMILES string of the molecule is c1ccc2c(c1)CCC1(CCCCCN1)C2. The summed E-state index contributed by atoms with van der Waals surface area (Å²) in [6.45, 7) is 1.22. The van der Waals surface area contributed by atoms with Gasteiger partial charge in [0.2, 0.25) is 0 Å². The highest BCUT2D eigenvalue weighted by Crippen LogP contribution is 2.33. The second-order valence-corrected chi connectivity index (χ2v) is 5.46. The van der Waals surface area contributed by atoms with Crippen LogP contribution in [0.5, 0.6) is 0 Å². The van der Waals surface area contributed by atoms with Crippen molar-refractivity contribution in [3.63, 3.8) is 0 Å². The average Bonchev–Trinajstić information content (AvgIpc) is 2.55. The zero-order chi connectivity index (χ0) is 10.8. The van der Waals surface area contributed by atoms with Crippen molar-refractivity contribution in [3.05, 3.63) is 35.4 Å². The lowest BCUT2D eigenvalue weighted by atomic mass is 9.75. The molecular weight excluding hydrogens is 194 g/mol. The Kier molecular flexibility index (Phi) is 2.72. The van der Waals surface area contributed by atoms with Crippen molar-refractivity contribution < 1.29 is 0 Å². The van der Waals surface area contributed by atoms with Crippen LogP contribution < -0.4 is 5.32 Å². The van der Waals surface area contributed by atoms with E-state index in [4.69, 9.17) is 0 Å². The van der Waals surface area contributed by atoms with E-state index in [0.717, 1.165) is 0 Å². The Morgan fingerprint density at radius 1 is 0.938 bits per heavy atom. The fourth-order valence-corrected chi connectivity index (χ4v) is 3.37. The van der Waals surface area contributed by atoms with E-state index in [-0.39, 0.29) is 0 Å². The van der Waals surface area contributed by atoms with E-state index in [9.17, 15) is 0 Å². The average molecular weight is 215 g/mol. The van der Waals surface area contributed by atoms with Crippen molar-refractivity contribution in [3.8, 4) is 0 Å². The quantitative estimate of drug-likeness (QED) is 0.701. The third-order valence-electron chi connectivity index (χ3n) is 4.35. The van der Waals surface area contributed by atoms with Crippen LogP contribution in [0.15, 0.2) is 24.3 Å².